The molecule has 0 radical (unpaired) electrons. The summed E-state index contributed by atoms with van der Waals surface area (Å²) in [4.78, 5) is 24.9. The highest BCUT2D eigenvalue weighted by Crippen LogP contribution is 2.22. The highest BCUT2D eigenvalue weighted by molar-refractivity contribution is 5.85. The van der Waals surface area contributed by atoms with Crippen LogP contribution in [0.1, 0.15) is 31.4 Å². The highest BCUT2D eigenvalue weighted by atomic mass is 19.1. The van der Waals surface area contributed by atoms with Gasteiger partial charge in [-0.25, -0.2) is 13.6 Å². The molecule has 0 spiro atoms. The van der Waals surface area contributed by atoms with Gasteiger partial charge in [-0.15, -0.1) is 0 Å². The van der Waals surface area contributed by atoms with Gasteiger partial charge in [0.05, 0.1) is 6.04 Å². The highest BCUT2D eigenvalue weighted by Gasteiger charge is 2.24. The first-order valence-electron chi connectivity index (χ1n) is 7.28. The van der Waals surface area contributed by atoms with Crippen molar-refractivity contribution in [1.29, 1.82) is 0 Å². The normalized spacial score (nSPS) is 16.1. The average molecular weight is 311 g/mol. The first-order chi connectivity index (χ1) is 10.5. The summed E-state index contributed by atoms with van der Waals surface area (Å²) in [5.41, 5.74) is 0.248. The average Bonchev–Trinajstić information content (AvgIpc) is 2.47. The van der Waals surface area contributed by atoms with E-state index in [1.54, 1.807) is 0 Å². The number of halogens is 2. The molecular weight excluding hydrogens is 292 g/mol. The summed E-state index contributed by atoms with van der Waals surface area (Å²) >= 11 is 0. The standard InChI is InChI=1S/C15H19F2N3O2/c1-2-3-13(11-5-4-10(16)8-12(11)17)19-15(22)20-7-6-18-14(21)9-20/h4-5,8,13H,2-3,6-7,9H2,1H3,(H,18,21)(H,19,22). The second-order valence-corrected chi connectivity index (χ2v) is 5.23. The lowest BCUT2D eigenvalue weighted by molar-refractivity contribution is -0.123. The number of urea groups is 1. The van der Waals surface area contributed by atoms with E-state index in [1.165, 1.54) is 17.0 Å². The Morgan fingerprint density at radius 1 is 1.45 bits per heavy atom. The van der Waals surface area contributed by atoms with Gasteiger partial charge in [-0.05, 0) is 12.5 Å². The molecule has 5 nitrogen and oxygen atoms in total. The summed E-state index contributed by atoms with van der Waals surface area (Å²) in [6.45, 7) is 2.70. The molecule has 0 aliphatic carbocycles. The van der Waals surface area contributed by atoms with Gasteiger partial charge in [0.15, 0.2) is 0 Å². The van der Waals surface area contributed by atoms with Crippen LogP contribution in [0.15, 0.2) is 18.2 Å². The minimum Gasteiger partial charge on any atom is -0.353 e. The lowest BCUT2D eigenvalue weighted by Gasteiger charge is -2.29. The zero-order valence-corrected chi connectivity index (χ0v) is 12.4. The van der Waals surface area contributed by atoms with Gasteiger partial charge < -0.3 is 15.5 Å². The smallest absolute Gasteiger partial charge is 0.318 e. The van der Waals surface area contributed by atoms with Crippen molar-refractivity contribution < 1.29 is 18.4 Å². The Morgan fingerprint density at radius 3 is 2.86 bits per heavy atom. The number of hydrogen-bond donors (Lipinski definition) is 2. The largest absolute Gasteiger partial charge is 0.353 e. The third-order valence-electron chi connectivity index (χ3n) is 3.54. The number of carbonyl (C=O) groups is 2. The van der Waals surface area contributed by atoms with Crippen LogP contribution in [0.4, 0.5) is 13.6 Å². The van der Waals surface area contributed by atoms with Gasteiger partial charge in [0.25, 0.3) is 0 Å². The zero-order chi connectivity index (χ0) is 16.1. The van der Waals surface area contributed by atoms with E-state index < -0.39 is 23.7 Å². The summed E-state index contributed by atoms with van der Waals surface area (Å²) in [5.74, 6) is -1.56. The van der Waals surface area contributed by atoms with E-state index in [1.807, 2.05) is 6.92 Å². The summed E-state index contributed by atoms with van der Waals surface area (Å²) in [6.07, 6.45) is 1.25. The third kappa shape index (κ3) is 3.93. The van der Waals surface area contributed by atoms with Crippen LogP contribution in [0.3, 0.4) is 0 Å². The molecule has 1 atom stereocenters. The van der Waals surface area contributed by atoms with Gasteiger partial charge >= 0.3 is 6.03 Å². The molecule has 1 aromatic carbocycles. The lowest BCUT2D eigenvalue weighted by Crippen LogP contribution is -2.53. The van der Waals surface area contributed by atoms with Crippen LogP contribution < -0.4 is 10.6 Å². The quantitative estimate of drug-likeness (QED) is 0.893. The Bertz CT molecular complexity index is 566. The van der Waals surface area contributed by atoms with E-state index in [4.69, 9.17) is 0 Å². The predicted molar refractivity (Wildman–Crippen MR) is 77.1 cm³/mol. The topological polar surface area (TPSA) is 61.4 Å². The van der Waals surface area contributed by atoms with Gasteiger partial charge in [-0.3, -0.25) is 4.79 Å². The van der Waals surface area contributed by atoms with Crippen LogP contribution in [0.5, 0.6) is 0 Å². The van der Waals surface area contributed by atoms with E-state index in [0.717, 1.165) is 12.5 Å². The number of rotatable bonds is 4. The van der Waals surface area contributed by atoms with Gasteiger partial charge in [-0.2, -0.15) is 0 Å². The van der Waals surface area contributed by atoms with Crippen molar-refractivity contribution in [2.45, 2.75) is 25.8 Å². The van der Waals surface area contributed by atoms with Crippen molar-refractivity contribution in [1.82, 2.24) is 15.5 Å². The van der Waals surface area contributed by atoms with Crippen LogP contribution in [-0.2, 0) is 4.79 Å². The van der Waals surface area contributed by atoms with Gasteiger partial charge in [0.1, 0.15) is 18.2 Å². The van der Waals surface area contributed by atoms with Crippen LogP contribution in [0, 0.1) is 11.6 Å². The van der Waals surface area contributed by atoms with E-state index in [2.05, 4.69) is 10.6 Å². The maximum atomic E-state index is 13.9. The lowest BCUT2D eigenvalue weighted by atomic mass is 10.0. The molecule has 1 unspecified atom stereocenters. The molecule has 3 amide bonds. The number of nitrogens with one attached hydrogen (secondary N) is 2. The molecule has 1 aromatic rings. The number of amides is 3. The second-order valence-electron chi connectivity index (χ2n) is 5.23. The predicted octanol–water partition coefficient (Wildman–Crippen LogP) is 1.95. The fourth-order valence-corrected chi connectivity index (χ4v) is 2.43. The molecule has 0 bridgehead atoms. The summed E-state index contributed by atoms with van der Waals surface area (Å²) in [6, 6.07) is 2.34. The van der Waals surface area contributed by atoms with E-state index in [0.29, 0.717) is 19.5 Å². The molecule has 7 heteroatoms. The van der Waals surface area contributed by atoms with Crippen molar-refractivity contribution in [3.8, 4) is 0 Å². The van der Waals surface area contributed by atoms with Crippen molar-refractivity contribution >= 4 is 11.9 Å². The van der Waals surface area contributed by atoms with E-state index >= 15 is 0 Å². The van der Waals surface area contributed by atoms with Crippen molar-refractivity contribution in [2.24, 2.45) is 0 Å². The summed E-state index contributed by atoms with van der Waals surface area (Å²) in [5, 5.41) is 5.36. The maximum absolute atomic E-state index is 13.9. The SMILES string of the molecule is CCCC(NC(=O)N1CCNC(=O)C1)c1ccc(F)cc1F. The van der Waals surface area contributed by atoms with Crippen LogP contribution in [0.2, 0.25) is 0 Å². The molecule has 0 saturated carbocycles. The minimum atomic E-state index is -0.685. The number of piperazine rings is 1. The molecule has 1 fully saturated rings. The Hall–Kier alpha value is -2.18. The van der Waals surface area contributed by atoms with Gasteiger partial charge in [0.2, 0.25) is 5.91 Å². The van der Waals surface area contributed by atoms with Gasteiger partial charge in [0, 0.05) is 24.7 Å². The van der Waals surface area contributed by atoms with Crippen LogP contribution >= 0.6 is 0 Å². The first-order valence-corrected chi connectivity index (χ1v) is 7.28. The molecule has 1 heterocycles. The Kier molecular flexibility index (Phi) is 5.30. The van der Waals surface area contributed by atoms with E-state index in [9.17, 15) is 18.4 Å². The van der Waals surface area contributed by atoms with Crippen molar-refractivity contribution in [3.63, 3.8) is 0 Å². The molecule has 2 rings (SSSR count). The third-order valence-corrected chi connectivity index (χ3v) is 3.54. The number of nitrogens with zero attached hydrogens (tertiary/aromatic N) is 1. The molecule has 1 saturated heterocycles. The monoisotopic (exact) mass is 311 g/mol. The molecule has 2 N–H and O–H groups in total. The van der Waals surface area contributed by atoms with Gasteiger partial charge in [-0.1, -0.05) is 19.4 Å². The molecule has 22 heavy (non-hydrogen) atoms. The number of hydrogen-bond acceptors (Lipinski definition) is 2. The van der Waals surface area contributed by atoms with Crippen molar-refractivity contribution in [2.75, 3.05) is 19.6 Å². The molecule has 1 aliphatic heterocycles. The minimum absolute atomic E-state index is 0.0173. The first kappa shape index (κ1) is 16.2. The Balaban J connectivity index is 2.10. The molecule has 0 aromatic heterocycles. The summed E-state index contributed by atoms with van der Waals surface area (Å²) in [7, 11) is 0. The van der Waals surface area contributed by atoms with Crippen LogP contribution in [-0.4, -0.2) is 36.5 Å². The van der Waals surface area contributed by atoms with Crippen molar-refractivity contribution in [3.05, 3.63) is 35.4 Å². The molecular formula is C15H19F2N3O2. The molecule has 120 valence electrons. The molecule has 1 aliphatic rings. The fraction of sp³-hybridized carbons (Fsp3) is 0.467. The van der Waals surface area contributed by atoms with E-state index in [-0.39, 0.29) is 18.0 Å². The van der Waals surface area contributed by atoms with Crippen LogP contribution in [0.25, 0.3) is 0 Å². The summed E-state index contributed by atoms with van der Waals surface area (Å²) < 4.78 is 26.9. The Labute approximate surface area is 127 Å². The maximum Gasteiger partial charge on any atom is 0.318 e. The number of carbonyl (C=O) groups excluding carboxylic acids is 2. The number of benzene rings is 1. The zero-order valence-electron chi connectivity index (χ0n) is 12.4. The fourth-order valence-electron chi connectivity index (χ4n) is 2.43. The Morgan fingerprint density at radius 2 is 2.23 bits per heavy atom. The second kappa shape index (κ2) is 7.20.